The van der Waals surface area contributed by atoms with E-state index in [1.54, 1.807) is 30.6 Å². The highest BCUT2D eigenvalue weighted by atomic mass is 35.5. The van der Waals surface area contributed by atoms with Crippen LogP contribution in [-0.4, -0.2) is 21.7 Å². The van der Waals surface area contributed by atoms with Crippen molar-refractivity contribution < 1.29 is 14.7 Å². The molecule has 116 valence electrons. The minimum Gasteiger partial charge on any atom is -0.506 e. The molecule has 0 spiro atoms. The molecule has 0 bridgehead atoms. The Morgan fingerprint density at radius 3 is 2.26 bits per heavy atom. The molecule has 0 unspecified atom stereocenters. The molecule has 0 radical (unpaired) electrons. The van der Waals surface area contributed by atoms with E-state index < -0.39 is 0 Å². The summed E-state index contributed by atoms with van der Waals surface area (Å²) in [5.74, 6) is -0.980. The van der Waals surface area contributed by atoms with Crippen molar-refractivity contribution in [2.45, 2.75) is 19.3 Å². The number of pyridine rings is 1. The molecule has 0 atom stereocenters. The lowest BCUT2D eigenvalue weighted by Crippen LogP contribution is -2.20. The van der Waals surface area contributed by atoms with Crippen LogP contribution in [-0.2, 0) is 9.59 Å². The van der Waals surface area contributed by atoms with Crippen molar-refractivity contribution in [2.75, 3.05) is 0 Å². The number of allylic oxidation sites excluding steroid dienone is 1. The van der Waals surface area contributed by atoms with Gasteiger partial charge in [-0.3, -0.25) is 14.6 Å². The lowest BCUT2D eigenvalue weighted by atomic mass is 9.89. The number of halogens is 1. The number of carbonyl (C=O) groups excluding carboxylic acids is 2. The van der Waals surface area contributed by atoms with Crippen molar-refractivity contribution in [1.82, 2.24) is 4.98 Å². The zero-order chi connectivity index (χ0) is 16.4. The van der Waals surface area contributed by atoms with Crippen molar-refractivity contribution in [3.63, 3.8) is 0 Å². The van der Waals surface area contributed by atoms with Crippen molar-refractivity contribution in [3.8, 4) is 11.1 Å². The van der Waals surface area contributed by atoms with Crippen molar-refractivity contribution in [2.24, 2.45) is 0 Å². The molecule has 4 nitrogen and oxygen atoms in total. The van der Waals surface area contributed by atoms with E-state index in [9.17, 15) is 14.7 Å². The summed E-state index contributed by atoms with van der Waals surface area (Å²) in [6.45, 7) is 0. The lowest BCUT2D eigenvalue weighted by molar-refractivity contribution is -0.123. The van der Waals surface area contributed by atoms with Gasteiger partial charge in [0, 0.05) is 30.8 Å². The van der Waals surface area contributed by atoms with Crippen LogP contribution in [0.2, 0.25) is 5.02 Å². The van der Waals surface area contributed by atoms with Gasteiger partial charge in [0.15, 0.2) is 11.6 Å². The van der Waals surface area contributed by atoms with Crippen LogP contribution in [0.4, 0.5) is 0 Å². The molecular weight excluding hydrogens is 314 g/mol. The van der Waals surface area contributed by atoms with E-state index in [1.807, 2.05) is 12.1 Å². The fourth-order valence-corrected chi connectivity index (χ4v) is 2.91. The highest BCUT2D eigenvalue weighted by Crippen LogP contribution is 2.32. The van der Waals surface area contributed by atoms with Gasteiger partial charge in [-0.2, -0.15) is 0 Å². The number of hydrogen-bond donors (Lipinski definition) is 1. The summed E-state index contributed by atoms with van der Waals surface area (Å²) in [5, 5.41) is 10.7. The summed E-state index contributed by atoms with van der Waals surface area (Å²) in [6, 6.07) is 8.79. The zero-order valence-electron chi connectivity index (χ0n) is 12.3. The summed E-state index contributed by atoms with van der Waals surface area (Å²) >= 11 is 6.26. The SMILES string of the molecule is O=C1CCCC(=O)C1=C(O)c1ccc(-c2ccncc2)cc1Cl. The largest absolute Gasteiger partial charge is 0.506 e. The molecule has 2 aromatic rings. The Morgan fingerprint density at radius 1 is 1.00 bits per heavy atom. The minimum atomic E-state index is -0.328. The molecule has 1 aliphatic carbocycles. The molecule has 1 aromatic heterocycles. The van der Waals surface area contributed by atoms with Gasteiger partial charge in [-0.25, -0.2) is 0 Å². The maximum absolute atomic E-state index is 11.9. The van der Waals surface area contributed by atoms with Gasteiger partial charge in [0.25, 0.3) is 0 Å². The third-order valence-corrected chi connectivity index (χ3v) is 4.15. The van der Waals surface area contributed by atoms with Crippen LogP contribution in [0.3, 0.4) is 0 Å². The van der Waals surface area contributed by atoms with Crippen molar-refractivity contribution >= 4 is 28.9 Å². The summed E-state index contributed by atoms with van der Waals surface area (Å²) in [6.07, 6.45) is 4.44. The molecule has 0 amide bonds. The predicted octanol–water partition coefficient (Wildman–Crippen LogP) is 3.99. The Kier molecular flexibility index (Phi) is 4.26. The van der Waals surface area contributed by atoms with E-state index in [-0.39, 0.29) is 40.8 Å². The third kappa shape index (κ3) is 3.03. The fraction of sp³-hybridized carbons (Fsp3) is 0.167. The molecule has 23 heavy (non-hydrogen) atoms. The summed E-state index contributed by atoms with van der Waals surface area (Å²) < 4.78 is 0. The fourth-order valence-electron chi connectivity index (χ4n) is 2.64. The Hall–Kier alpha value is -2.46. The monoisotopic (exact) mass is 327 g/mol. The van der Waals surface area contributed by atoms with Crippen LogP contribution >= 0.6 is 11.6 Å². The highest BCUT2D eigenvalue weighted by Gasteiger charge is 2.28. The summed E-state index contributed by atoms with van der Waals surface area (Å²) in [4.78, 5) is 27.8. The number of aliphatic hydroxyl groups is 1. The summed E-state index contributed by atoms with van der Waals surface area (Å²) in [7, 11) is 0. The maximum atomic E-state index is 11.9. The smallest absolute Gasteiger partial charge is 0.170 e. The molecule has 1 saturated carbocycles. The first-order valence-corrected chi connectivity index (χ1v) is 7.65. The van der Waals surface area contributed by atoms with Gasteiger partial charge in [-0.1, -0.05) is 17.7 Å². The first-order valence-electron chi connectivity index (χ1n) is 7.28. The van der Waals surface area contributed by atoms with E-state index in [4.69, 9.17) is 11.6 Å². The Morgan fingerprint density at radius 2 is 1.65 bits per heavy atom. The van der Waals surface area contributed by atoms with E-state index in [1.165, 1.54) is 0 Å². The number of carbonyl (C=O) groups is 2. The van der Waals surface area contributed by atoms with Crippen LogP contribution in [0.25, 0.3) is 16.9 Å². The molecule has 0 aliphatic heterocycles. The topological polar surface area (TPSA) is 67.3 Å². The second-order valence-corrected chi connectivity index (χ2v) is 5.76. The van der Waals surface area contributed by atoms with Crippen LogP contribution in [0.5, 0.6) is 0 Å². The lowest BCUT2D eigenvalue weighted by Gasteiger charge is -2.15. The van der Waals surface area contributed by atoms with Gasteiger partial charge in [-0.15, -0.1) is 0 Å². The van der Waals surface area contributed by atoms with E-state index in [2.05, 4.69) is 4.98 Å². The standard InChI is InChI=1S/C18H14ClNO3/c19-14-10-12(11-6-8-20-9-7-11)4-5-13(14)18(23)17-15(21)2-1-3-16(17)22/h4-10,23H,1-3H2. The number of nitrogens with zero attached hydrogens (tertiary/aromatic N) is 1. The maximum Gasteiger partial charge on any atom is 0.170 e. The normalized spacial score (nSPS) is 14.9. The molecule has 1 N–H and O–H groups in total. The second kappa shape index (κ2) is 6.34. The summed E-state index contributed by atoms with van der Waals surface area (Å²) in [5.41, 5.74) is 1.96. The number of aliphatic hydroxyl groups excluding tert-OH is 1. The van der Waals surface area contributed by atoms with Gasteiger partial charge in [0.05, 0.1) is 5.02 Å². The second-order valence-electron chi connectivity index (χ2n) is 5.35. The Bertz CT molecular complexity index is 794. The quantitative estimate of drug-likeness (QED) is 0.514. The first kappa shape index (κ1) is 15.4. The Balaban J connectivity index is 2.04. The number of benzene rings is 1. The number of rotatable bonds is 2. The van der Waals surface area contributed by atoms with Crippen molar-refractivity contribution in [1.29, 1.82) is 0 Å². The number of Topliss-reactive ketones (excluding diaryl/α,β-unsaturated/α-hetero) is 2. The highest BCUT2D eigenvalue weighted by molar-refractivity contribution is 6.33. The predicted molar refractivity (Wildman–Crippen MR) is 88.1 cm³/mol. The number of aromatic nitrogens is 1. The van der Waals surface area contributed by atoms with Crippen molar-refractivity contribution in [3.05, 3.63) is 58.9 Å². The molecule has 0 saturated heterocycles. The van der Waals surface area contributed by atoms with Crippen LogP contribution < -0.4 is 0 Å². The van der Waals surface area contributed by atoms with Crippen LogP contribution in [0.15, 0.2) is 48.3 Å². The molecule has 1 fully saturated rings. The Labute approximate surface area is 138 Å². The third-order valence-electron chi connectivity index (χ3n) is 3.84. The molecule has 1 heterocycles. The van der Waals surface area contributed by atoms with Gasteiger partial charge >= 0.3 is 0 Å². The van der Waals surface area contributed by atoms with Gasteiger partial charge < -0.3 is 5.11 Å². The molecule has 1 aromatic carbocycles. The average Bonchev–Trinajstić information content (AvgIpc) is 2.55. The van der Waals surface area contributed by atoms with Gasteiger partial charge in [-0.05, 0) is 41.8 Å². The number of hydrogen-bond acceptors (Lipinski definition) is 4. The number of ketones is 2. The average molecular weight is 328 g/mol. The van der Waals surface area contributed by atoms with Crippen LogP contribution in [0, 0.1) is 0 Å². The molecule has 3 rings (SSSR count). The van der Waals surface area contributed by atoms with E-state index in [0.29, 0.717) is 12.0 Å². The molecule has 5 heteroatoms. The zero-order valence-corrected chi connectivity index (χ0v) is 13.0. The van der Waals surface area contributed by atoms with Gasteiger partial charge in [0.1, 0.15) is 11.3 Å². The minimum absolute atomic E-state index is 0.130. The van der Waals surface area contributed by atoms with Gasteiger partial charge in [0.2, 0.25) is 0 Å². The molecular formula is C18H14ClNO3. The van der Waals surface area contributed by atoms with E-state index >= 15 is 0 Å². The van der Waals surface area contributed by atoms with E-state index in [0.717, 1.165) is 11.1 Å². The first-order chi connectivity index (χ1) is 11.1. The molecule has 1 aliphatic rings. The van der Waals surface area contributed by atoms with Crippen LogP contribution in [0.1, 0.15) is 24.8 Å².